The van der Waals surface area contributed by atoms with E-state index in [2.05, 4.69) is 29.7 Å². The van der Waals surface area contributed by atoms with Crippen molar-refractivity contribution in [2.45, 2.75) is 70.8 Å². The van der Waals surface area contributed by atoms with Crippen LogP contribution in [0.4, 0.5) is 5.69 Å². The fourth-order valence-electron chi connectivity index (χ4n) is 4.78. The Bertz CT molecular complexity index is 1040. The number of ether oxygens (including phenoxy) is 1. The molecule has 5 nitrogen and oxygen atoms in total. The van der Waals surface area contributed by atoms with Gasteiger partial charge in [-0.15, -0.1) is 0 Å². The van der Waals surface area contributed by atoms with Crippen LogP contribution in [0.3, 0.4) is 0 Å². The van der Waals surface area contributed by atoms with Crippen molar-refractivity contribution in [3.05, 3.63) is 54.4 Å². The molecule has 2 aromatic carbocycles. The number of para-hydroxylation sites is 2. The van der Waals surface area contributed by atoms with Crippen molar-refractivity contribution in [1.82, 2.24) is 9.55 Å². The van der Waals surface area contributed by atoms with Crippen LogP contribution in [-0.2, 0) is 11.3 Å². The maximum Gasteiger partial charge on any atom is 0.227 e. The molecule has 1 saturated heterocycles. The zero-order valence-corrected chi connectivity index (χ0v) is 19.4. The van der Waals surface area contributed by atoms with E-state index in [1.165, 1.54) is 44.0 Å². The Balaban J connectivity index is 1.49. The third kappa shape index (κ3) is 4.98. The highest BCUT2D eigenvalue weighted by molar-refractivity contribution is 5.96. The first kappa shape index (κ1) is 22.4. The fraction of sp³-hybridized carbons (Fsp3) is 0.481. The number of aromatic nitrogens is 2. The Kier molecular flexibility index (Phi) is 7.46. The maximum absolute atomic E-state index is 12.9. The van der Waals surface area contributed by atoms with E-state index in [0.29, 0.717) is 13.0 Å². The number of anilines is 1. The van der Waals surface area contributed by atoms with E-state index in [1.54, 1.807) is 7.11 Å². The number of imidazole rings is 1. The lowest BCUT2D eigenvalue weighted by molar-refractivity contribution is -0.117. The molecule has 1 atom stereocenters. The number of rotatable bonds is 11. The monoisotopic (exact) mass is 433 g/mol. The molecule has 5 heteroatoms. The summed E-state index contributed by atoms with van der Waals surface area (Å²) in [5.74, 6) is 2.07. The summed E-state index contributed by atoms with van der Waals surface area (Å²) in [6, 6.07) is 16.1. The minimum Gasteiger partial charge on any atom is -0.497 e. The number of hydrogen-bond acceptors (Lipinski definition) is 3. The minimum atomic E-state index is 0.102. The molecule has 0 saturated carbocycles. The third-order valence-electron chi connectivity index (χ3n) is 6.52. The van der Waals surface area contributed by atoms with Crippen molar-refractivity contribution in [2.24, 2.45) is 0 Å². The summed E-state index contributed by atoms with van der Waals surface area (Å²) in [6.07, 6.45) is 9.51. The number of aryl methyl sites for hydroxylation is 1. The molecular formula is C27H35N3O2. The van der Waals surface area contributed by atoms with Gasteiger partial charge >= 0.3 is 0 Å². The van der Waals surface area contributed by atoms with Crippen LogP contribution >= 0.6 is 0 Å². The number of fused-ring (bicyclic) bond motifs is 1. The number of methoxy groups -OCH3 is 1. The molecule has 4 rings (SSSR count). The first-order valence-corrected chi connectivity index (χ1v) is 12.1. The summed E-state index contributed by atoms with van der Waals surface area (Å²) >= 11 is 0. The van der Waals surface area contributed by atoms with Gasteiger partial charge in [0.15, 0.2) is 0 Å². The molecule has 1 amide bonds. The van der Waals surface area contributed by atoms with Crippen molar-refractivity contribution in [2.75, 3.05) is 18.6 Å². The van der Waals surface area contributed by atoms with Crippen LogP contribution in [0.25, 0.3) is 11.0 Å². The van der Waals surface area contributed by atoms with E-state index >= 15 is 0 Å². The van der Waals surface area contributed by atoms with Gasteiger partial charge in [-0.05, 0) is 30.7 Å². The molecule has 1 fully saturated rings. The van der Waals surface area contributed by atoms with Crippen LogP contribution < -0.4 is 9.64 Å². The predicted octanol–water partition coefficient (Wildman–Crippen LogP) is 6.32. The lowest BCUT2D eigenvalue weighted by Crippen LogP contribution is -2.24. The summed E-state index contributed by atoms with van der Waals surface area (Å²) in [6.45, 7) is 3.88. The highest BCUT2D eigenvalue weighted by Gasteiger charge is 2.34. The van der Waals surface area contributed by atoms with Crippen LogP contribution in [0.5, 0.6) is 5.75 Å². The minimum absolute atomic E-state index is 0.102. The molecule has 1 aliphatic heterocycles. The Morgan fingerprint density at radius 1 is 1.00 bits per heavy atom. The van der Waals surface area contributed by atoms with Crippen LogP contribution in [0, 0.1) is 0 Å². The SMILES string of the molecule is CCCCCCCCCn1c([C@@H]2CC(=O)N(c3cccc(OC)c3)C2)nc2ccccc21. The predicted molar refractivity (Wildman–Crippen MR) is 130 cm³/mol. The molecule has 0 aliphatic carbocycles. The third-order valence-corrected chi connectivity index (χ3v) is 6.52. The Labute approximate surface area is 191 Å². The Morgan fingerprint density at radius 3 is 2.59 bits per heavy atom. The molecule has 32 heavy (non-hydrogen) atoms. The molecule has 0 N–H and O–H groups in total. The van der Waals surface area contributed by atoms with Gasteiger partial charge in [-0.3, -0.25) is 4.79 Å². The summed E-state index contributed by atoms with van der Waals surface area (Å²) in [4.78, 5) is 19.8. The Hall–Kier alpha value is -2.82. The normalized spacial score (nSPS) is 16.2. The van der Waals surface area contributed by atoms with Gasteiger partial charge in [-0.25, -0.2) is 4.98 Å². The first-order chi connectivity index (χ1) is 15.7. The van der Waals surface area contributed by atoms with Gasteiger partial charge < -0.3 is 14.2 Å². The number of hydrogen-bond donors (Lipinski definition) is 0. The molecule has 3 aromatic rings. The summed E-state index contributed by atoms with van der Waals surface area (Å²) in [7, 11) is 1.65. The van der Waals surface area contributed by atoms with E-state index in [1.807, 2.05) is 35.2 Å². The molecule has 1 aromatic heterocycles. The molecule has 1 aliphatic rings. The largest absolute Gasteiger partial charge is 0.497 e. The lowest BCUT2D eigenvalue weighted by Gasteiger charge is -2.18. The zero-order valence-electron chi connectivity index (χ0n) is 19.4. The van der Waals surface area contributed by atoms with E-state index in [-0.39, 0.29) is 11.8 Å². The Morgan fingerprint density at radius 2 is 1.78 bits per heavy atom. The fourth-order valence-corrected chi connectivity index (χ4v) is 4.78. The molecule has 2 heterocycles. The smallest absolute Gasteiger partial charge is 0.227 e. The average molecular weight is 434 g/mol. The average Bonchev–Trinajstić information content (AvgIpc) is 3.39. The number of amides is 1. The van der Waals surface area contributed by atoms with Crippen LogP contribution in [-0.4, -0.2) is 29.1 Å². The highest BCUT2D eigenvalue weighted by Crippen LogP contribution is 2.34. The number of nitrogens with zero attached hydrogens (tertiary/aromatic N) is 3. The molecule has 0 unspecified atom stereocenters. The van der Waals surface area contributed by atoms with E-state index in [9.17, 15) is 4.79 Å². The molecule has 0 bridgehead atoms. The van der Waals surface area contributed by atoms with Crippen molar-refractivity contribution < 1.29 is 9.53 Å². The molecule has 0 spiro atoms. The van der Waals surface area contributed by atoms with Gasteiger partial charge in [0, 0.05) is 37.2 Å². The van der Waals surface area contributed by atoms with Crippen molar-refractivity contribution >= 4 is 22.6 Å². The van der Waals surface area contributed by atoms with Crippen LogP contribution in [0.2, 0.25) is 0 Å². The maximum atomic E-state index is 12.9. The second-order valence-corrected chi connectivity index (χ2v) is 8.84. The summed E-state index contributed by atoms with van der Waals surface area (Å²) in [5, 5.41) is 0. The lowest BCUT2D eigenvalue weighted by atomic mass is 10.1. The summed E-state index contributed by atoms with van der Waals surface area (Å²) < 4.78 is 7.72. The van der Waals surface area contributed by atoms with Crippen LogP contribution in [0.15, 0.2) is 48.5 Å². The molecule has 0 radical (unpaired) electrons. The van der Waals surface area contributed by atoms with Crippen molar-refractivity contribution in [3.63, 3.8) is 0 Å². The summed E-state index contributed by atoms with van der Waals surface area (Å²) in [5.41, 5.74) is 3.10. The zero-order chi connectivity index (χ0) is 22.3. The second-order valence-electron chi connectivity index (χ2n) is 8.84. The van der Waals surface area contributed by atoms with E-state index < -0.39 is 0 Å². The quantitative estimate of drug-likeness (QED) is 0.333. The van der Waals surface area contributed by atoms with Gasteiger partial charge in [-0.1, -0.05) is 63.6 Å². The first-order valence-electron chi connectivity index (χ1n) is 12.1. The topological polar surface area (TPSA) is 47.4 Å². The second kappa shape index (κ2) is 10.7. The van der Waals surface area contributed by atoms with E-state index in [4.69, 9.17) is 9.72 Å². The van der Waals surface area contributed by atoms with E-state index in [0.717, 1.165) is 35.7 Å². The van der Waals surface area contributed by atoms with Gasteiger partial charge in [0.05, 0.1) is 18.1 Å². The highest BCUT2D eigenvalue weighted by atomic mass is 16.5. The number of unbranched alkanes of at least 4 members (excludes halogenated alkanes) is 6. The van der Waals surface area contributed by atoms with Crippen molar-refractivity contribution in [3.8, 4) is 5.75 Å². The number of carbonyl (C=O) groups is 1. The molecule has 170 valence electrons. The van der Waals surface area contributed by atoms with Gasteiger partial charge in [-0.2, -0.15) is 0 Å². The van der Waals surface area contributed by atoms with Gasteiger partial charge in [0.2, 0.25) is 5.91 Å². The number of benzene rings is 2. The molecular weight excluding hydrogens is 398 g/mol. The number of carbonyl (C=O) groups excluding carboxylic acids is 1. The van der Waals surface area contributed by atoms with Gasteiger partial charge in [0.1, 0.15) is 11.6 Å². The van der Waals surface area contributed by atoms with Gasteiger partial charge in [0.25, 0.3) is 0 Å². The standard InChI is InChI=1S/C27H35N3O2/c1-3-4-5-6-7-8-11-17-29-25-16-10-9-15-24(25)28-27(29)21-18-26(31)30(20-21)22-13-12-14-23(19-22)32-2/h9-10,12-16,19,21H,3-8,11,17-18,20H2,1-2H3/t21-/m1/s1. The van der Waals surface area contributed by atoms with Crippen LogP contribution in [0.1, 0.15) is 70.0 Å². The van der Waals surface area contributed by atoms with Crippen molar-refractivity contribution in [1.29, 1.82) is 0 Å².